The molecule has 1 aliphatic heterocycles. The summed E-state index contributed by atoms with van der Waals surface area (Å²) >= 11 is 0. The largest absolute Gasteiger partial charge is 0.326 e. The van der Waals surface area contributed by atoms with E-state index < -0.39 is 10.2 Å². The van der Waals surface area contributed by atoms with Crippen LogP contribution in [0.15, 0.2) is 16.9 Å². The quantitative estimate of drug-likeness (QED) is 0.642. The first-order valence-electron chi connectivity index (χ1n) is 4.46. The molecule has 3 N–H and O–H groups in total. The van der Waals surface area contributed by atoms with Crippen LogP contribution < -0.4 is 10.7 Å². The summed E-state index contributed by atoms with van der Waals surface area (Å²) in [6, 6.07) is 3.01. The van der Waals surface area contributed by atoms with Crippen LogP contribution in [0.2, 0.25) is 0 Å². The number of aromatic amines is 1. The summed E-state index contributed by atoms with van der Waals surface area (Å²) in [5.74, 6) is 0. The summed E-state index contributed by atoms with van der Waals surface area (Å²) in [7, 11) is -3.64. The van der Waals surface area contributed by atoms with E-state index in [2.05, 4.69) is 4.98 Å². The van der Waals surface area contributed by atoms with E-state index in [9.17, 15) is 13.2 Å². The van der Waals surface area contributed by atoms with Gasteiger partial charge in [0.2, 0.25) is 5.56 Å². The normalized spacial score (nSPS) is 17.4. The fourth-order valence-corrected chi connectivity index (χ4v) is 2.31. The Labute approximate surface area is 86.9 Å². The lowest BCUT2D eigenvalue weighted by atomic mass is 10.1. The number of fused-ring (bicyclic) bond motifs is 1. The van der Waals surface area contributed by atoms with E-state index in [-0.39, 0.29) is 12.1 Å². The van der Waals surface area contributed by atoms with Gasteiger partial charge in [0.05, 0.1) is 0 Å². The highest BCUT2D eigenvalue weighted by Crippen LogP contribution is 2.16. The number of hydrogen-bond acceptors (Lipinski definition) is 3. The fourth-order valence-electron chi connectivity index (χ4n) is 1.64. The summed E-state index contributed by atoms with van der Waals surface area (Å²) in [4.78, 5) is 13.7. The molecule has 0 spiro atoms. The lowest BCUT2D eigenvalue weighted by Gasteiger charge is -2.25. The third-order valence-corrected chi connectivity index (χ3v) is 3.45. The molecule has 82 valence electrons. The van der Waals surface area contributed by atoms with E-state index in [4.69, 9.17) is 5.14 Å². The minimum Gasteiger partial charge on any atom is -0.326 e. The second-order valence-electron chi connectivity index (χ2n) is 3.45. The zero-order valence-electron chi connectivity index (χ0n) is 7.93. The smallest absolute Gasteiger partial charge is 0.277 e. The highest BCUT2D eigenvalue weighted by molar-refractivity contribution is 7.86. The zero-order valence-corrected chi connectivity index (χ0v) is 8.75. The third kappa shape index (κ3) is 2.09. The van der Waals surface area contributed by atoms with Gasteiger partial charge >= 0.3 is 0 Å². The van der Waals surface area contributed by atoms with Crippen LogP contribution in [0.25, 0.3) is 0 Å². The molecule has 7 heteroatoms. The maximum atomic E-state index is 11.1. The summed E-state index contributed by atoms with van der Waals surface area (Å²) in [6.45, 7) is 0.538. The average molecular weight is 229 g/mol. The molecule has 2 rings (SSSR count). The Morgan fingerprint density at radius 1 is 1.40 bits per heavy atom. The van der Waals surface area contributed by atoms with Crippen molar-refractivity contribution in [1.82, 2.24) is 9.29 Å². The van der Waals surface area contributed by atoms with Gasteiger partial charge in [-0.05, 0) is 5.56 Å². The minimum atomic E-state index is -3.64. The van der Waals surface area contributed by atoms with Crippen molar-refractivity contribution >= 4 is 10.2 Å². The van der Waals surface area contributed by atoms with E-state index in [0.717, 1.165) is 11.3 Å². The van der Waals surface area contributed by atoms with Gasteiger partial charge < -0.3 is 4.98 Å². The Kier molecular flexibility index (Phi) is 2.37. The molecule has 6 nitrogen and oxygen atoms in total. The number of aromatic nitrogens is 1. The van der Waals surface area contributed by atoms with Crippen LogP contribution in [0.3, 0.4) is 0 Å². The Morgan fingerprint density at radius 3 is 2.80 bits per heavy atom. The fraction of sp³-hybridized carbons (Fsp3) is 0.375. The first-order chi connectivity index (χ1) is 6.97. The SMILES string of the molecule is NS(=O)(=O)N1CCc2[nH]c(=O)ccc2C1. The third-order valence-electron chi connectivity index (χ3n) is 2.42. The van der Waals surface area contributed by atoms with E-state index in [1.807, 2.05) is 0 Å². The van der Waals surface area contributed by atoms with Crippen molar-refractivity contribution < 1.29 is 8.42 Å². The summed E-state index contributed by atoms with van der Waals surface area (Å²) in [6.07, 6.45) is 0.488. The summed E-state index contributed by atoms with van der Waals surface area (Å²) in [5, 5.41) is 5.02. The predicted molar refractivity (Wildman–Crippen MR) is 54.3 cm³/mol. The maximum Gasteiger partial charge on any atom is 0.277 e. The van der Waals surface area contributed by atoms with E-state index in [0.29, 0.717) is 13.0 Å². The number of nitrogens with one attached hydrogen (secondary N) is 1. The van der Waals surface area contributed by atoms with Crippen molar-refractivity contribution in [1.29, 1.82) is 0 Å². The van der Waals surface area contributed by atoms with Crippen LogP contribution in [0.5, 0.6) is 0 Å². The molecule has 0 radical (unpaired) electrons. The number of pyridine rings is 1. The molecule has 1 aromatic heterocycles. The van der Waals surface area contributed by atoms with Gasteiger partial charge in [-0.1, -0.05) is 6.07 Å². The topological polar surface area (TPSA) is 96.3 Å². The molecule has 0 bridgehead atoms. The van der Waals surface area contributed by atoms with Gasteiger partial charge in [-0.3, -0.25) is 4.79 Å². The molecule has 0 fully saturated rings. The molecule has 1 aliphatic rings. The van der Waals surface area contributed by atoms with E-state index in [1.165, 1.54) is 10.4 Å². The van der Waals surface area contributed by atoms with Crippen LogP contribution in [0, 0.1) is 0 Å². The Balaban J connectivity index is 2.36. The van der Waals surface area contributed by atoms with Gasteiger partial charge in [0.25, 0.3) is 10.2 Å². The van der Waals surface area contributed by atoms with Gasteiger partial charge in [-0.15, -0.1) is 0 Å². The lowest BCUT2D eigenvalue weighted by molar-refractivity contribution is 0.388. The molecule has 0 unspecified atom stereocenters. The number of nitrogens with two attached hydrogens (primary N) is 1. The molecule has 0 aliphatic carbocycles. The maximum absolute atomic E-state index is 11.1. The van der Waals surface area contributed by atoms with Gasteiger partial charge in [0.1, 0.15) is 0 Å². The first kappa shape index (κ1) is 10.3. The van der Waals surface area contributed by atoms with Crippen molar-refractivity contribution in [3.63, 3.8) is 0 Å². The molecule has 0 saturated carbocycles. The molecule has 0 aromatic carbocycles. The number of hydrogen-bond donors (Lipinski definition) is 2. The predicted octanol–water partition coefficient (Wildman–Crippen LogP) is -1.06. The highest BCUT2D eigenvalue weighted by Gasteiger charge is 2.23. The number of nitrogens with zero attached hydrogens (tertiary/aromatic N) is 1. The van der Waals surface area contributed by atoms with Crippen molar-refractivity contribution in [2.45, 2.75) is 13.0 Å². The van der Waals surface area contributed by atoms with Gasteiger partial charge in [0, 0.05) is 31.3 Å². The number of rotatable bonds is 1. The molecule has 2 heterocycles. The monoisotopic (exact) mass is 229 g/mol. The Morgan fingerprint density at radius 2 is 2.13 bits per heavy atom. The van der Waals surface area contributed by atoms with E-state index in [1.54, 1.807) is 6.07 Å². The van der Waals surface area contributed by atoms with Gasteiger partial charge in [0.15, 0.2) is 0 Å². The molecule has 0 amide bonds. The van der Waals surface area contributed by atoms with Crippen molar-refractivity contribution in [2.24, 2.45) is 5.14 Å². The molecular formula is C8H11N3O3S. The van der Waals surface area contributed by atoms with Crippen LogP contribution in [-0.2, 0) is 23.2 Å². The minimum absolute atomic E-state index is 0.169. The average Bonchev–Trinajstić information content (AvgIpc) is 2.15. The molecule has 0 saturated heterocycles. The van der Waals surface area contributed by atoms with Gasteiger partial charge in [-0.2, -0.15) is 12.7 Å². The molecule has 15 heavy (non-hydrogen) atoms. The lowest BCUT2D eigenvalue weighted by Crippen LogP contribution is -2.40. The zero-order chi connectivity index (χ0) is 11.1. The standard InChI is InChI=1S/C8H11N3O3S/c9-15(13,14)11-4-3-7-6(5-11)1-2-8(12)10-7/h1-2H,3-5H2,(H,10,12)(H2,9,13,14). The van der Waals surface area contributed by atoms with Crippen LogP contribution in [-0.4, -0.2) is 24.3 Å². The van der Waals surface area contributed by atoms with Crippen LogP contribution in [0.4, 0.5) is 0 Å². The Bertz CT molecular complexity index is 534. The second-order valence-corrected chi connectivity index (χ2v) is 5.00. The highest BCUT2D eigenvalue weighted by atomic mass is 32.2. The van der Waals surface area contributed by atoms with Crippen molar-refractivity contribution in [3.8, 4) is 0 Å². The summed E-state index contributed by atoms with van der Waals surface area (Å²) in [5.41, 5.74) is 1.43. The molecular weight excluding hydrogens is 218 g/mol. The summed E-state index contributed by atoms with van der Waals surface area (Å²) < 4.78 is 23.4. The molecule has 1 aromatic rings. The van der Waals surface area contributed by atoms with E-state index >= 15 is 0 Å². The molecule has 0 atom stereocenters. The second kappa shape index (κ2) is 3.44. The Hall–Kier alpha value is -1.18. The first-order valence-corrected chi connectivity index (χ1v) is 5.96. The van der Waals surface area contributed by atoms with Crippen molar-refractivity contribution in [2.75, 3.05) is 6.54 Å². The van der Waals surface area contributed by atoms with Crippen LogP contribution >= 0.6 is 0 Å². The van der Waals surface area contributed by atoms with Crippen LogP contribution in [0.1, 0.15) is 11.3 Å². The van der Waals surface area contributed by atoms with Crippen molar-refractivity contribution in [3.05, 3.63) is 33.7 Å². The number of H-pyrrole nitrogens is 1. The van der Waals surface area contributed by atoms with Gasteiger partial charge in [-0.25, -0.2) is 5.14 Å².